The predicted octanol–water partition coefficient (Wildman–Crippen LogP) is 0.439. The molecule has 1 aliphatic heterocycles. The van der Waals surface area contributed by atoms with E-state index in [-0.39, 0.29) is 12.3 Å². The Labute approximate surface area is 95.6 Å². The number of carbonyl (C=O) groups is 2. The van der Waals surface area contributed by atoms with Gasteiger partial charge in [0, 0.05) is 12.8 Å². The van der Waals surface area contributed by atoms with Crippen molar-refractivity contribution in [3.8, 4) is 0 Å². The maximum absolute atomic E-state index is 10.7. The summed E-state index contributed by atoms with van der Waals surface area (Å²) >= 11 is 0. The zero-order valence-electron chi connectivity index (χ0n) is 9.52. The molecule has 5 nitrogen and oxygen atoms in total. The molecule has 1 fully saturated rings. The number of amides is 1. The maximum atomic E-state index is 10.7. The van der Waals surface area contributed by atoms with Crippen LogP contribution in [-0.4, -0.2) is 41.5 Å². The van der Waals surface area contributed by atoms with Gasteiger partial charge < -0.3 is 15.7 Å². The molecule has 0 aromatic rings. The number of aliphatic carboxylic acids is 1. The van der Waals surface area contributed by atoms with Crippen molar-refractivity contribution in [3.63, 3.8) is 0 Å². The largest absolute Gasteiger partial charge is 0.481 e. The Balaban J connectivity index is 2.12. The lowest BCUT2D eigenvalue weighted by Crippen LogP contribution is -2.35. The van der Waals surface area contributed by atoms with Crippen molar-refractivity contribution in [3.05, 3.63) is 0 Å². The van der Waals surface area contributed by atoms with Crippen LogP contribution in [0.5, 0.6) is 0 Å². The van der Waals surface area contributed by atoms with E-state index in [1.165, 1.54) is 0 Å². The molecule has 1 saturated heterocycles. The van der Waals surface area contributed by atoms with Gasteiger partial charge in [0.15, 0.2) is 0 Å². The second-order valence-electron chi connectivity index (χ2n) is 4.45. The minimum Gasteiger partial charge on any atom is -0.481 e. The van der Waals surface area contributed by atoms with Crippen LogP contribution in [0.15, 0.2) is 0 Å². The van der Waals surface area contributed by atoms with Gasteiger partial charge in [-0.05, 0) is 44.8 Å². The van der Waals surface area contributed by atoms with Crippen LogP contribution in [0.4, 0.5) is 0 Å². The van der Waals surface area contributed by atoms with Crippen molar-refractivity contribution < 1.29 is 14.7 Å². The molecule has 0 spiro atoms. The Morgan fingerprint density at radius 1 is 1.31 bits per heavy atom. The summed E-state index contributed by atoms with van der Waals surface area (Å²) in [5.74, 6) is -0.527. The number of hydrogen-bond acceptors (Lipinski definition) is 3. The molecule has 5 heteroatoms. The number of hydrogen-bond donors (Lipinski definition) is 2. The SMILES string of the molecule is NC(=O)CC1CCN(CCCC(=O)O)CC1. The van der Waals surface area contributed by atoms with Gasteiger partial charge in [-0.2, -0.15) is 0 Å². The van der Waals surface area contributed by atoms with Crippen LogP contribution >= 0.6 is 0 Å². The fraction of sp³-hybridized carbons (Fsp3) is 0.818. The first-order chi connectivity index (χ1) is 7.58. The average molecular weight is 228 g/mol. The monoisotopic (exact) mass is 228 g/mol. The standard InChI is InChI=1S/C11H20N2O3/c12-10(14)8-9-3-6-13(7-4-9)5-1-2-11(15)16/h9H,1-8H2,(H2,12,14)(H,15,16). The van der Waals surface area contributed by atoms with Crippen molar-refractivity contribution in [2.24, 2.45) is 11.7 Å². The first-order valence-electron chi connectivity index (χ1n) is 5.80. The smallest absolute Gasteiger partial charge is 0.303 e. The maximum Gasteiger partial charge on any atom is 0.303 e. The van der Waals surface area contributed by atoms with E-state index in [0.29, 0.717) is 18.8 Å². The van der Waals surface area contributed by atoms with E-state index in [1.807, 2.05) is 0 Å². The third-order valence-electron chi connectivity index (χ3n) is 3.06. The summed E-state index contributed by atoms with van der Waals surface area (Å²) in [6, 6.07) is 0. The Morgan fingerprint density at radius 2 is 1.94 bits per heavy atom. The number of nitrogens with zero attached hydrogens (tertiary/aromatic N) is 1. The minimum absolute atomic E-state index is 0.218. The summed E-state index contributed by atoms with van der Waals surface area (Å²) in [5.41, 5.74) is 5.15. The molecule has 1 amide bonds. The van der Waals surface area contributed by atoms with Gasteiger partial charge in [-0.3, -0.25) is 9.59 Å². The highest BCUT2D eigenvalue weighted by atomic mass is 16.4. The molecule has 0 aromatic carbocycles. The number of carboxylic acids is 1. The Morgan fingerprint density at radius 3 is 2.44 bits per heavy atom. The third kappa shape index (κ3) is 5.11. The number of likely N-dealkylation sites (tertiary alicyclic amines) is 1. The molecule has 0 radical (unpaired) electrons. The molecule has 0 aliphatic carbocycles. The van der Waals surface area contributed by atoms with Crippen LogP contribution in [0.1, 0.15) is 32.1 Å². The highest BCUT2D eigenvalue weighted by Crippen LogP contribution is 2.20. The molecule has 0 unspecified atom stereocenters. The van der Waals surface area contributed by atoms with Crippen molar-refractivity contribution in [2.45, 2.75) is 32.1 Å². The Hall–Kier alpha value is -1.10. The molecule has 3 N–H and O–H groups in total. The van der Waals surface area contributed by atoms with E-state index in [9.17, 15) is 9.59 Å². The van der Waals surface area contributed by atoms with Crippen LogP contribution in [0, 0.1) is 5.92 Å². The molecule has 0 atom stereocenters. The quantitative estimate of drug-likeness (QED) is 0.691. The zero-order chi connectivity index (χ0) is 12.0. The van der Waals surface area contributed by atoms with E-state index in [4.69, 9.17) is 10.8 Å². The van der Waals surface area contributed by atoms with Gasteiger partial charge >= 0.3 is 5.97 Å². The summed E-state index contributed by atoms with van der Waals surface area (Å²) in [5, 5.41) is 8.51. The van der Waals surface area contributed by atoms with Gasteiger partial charge in [0.2, 0.25) is 5.91 Å². The van der Waals surface area contributed by atoms with E-state index >= 15 is 0 Å². The predicted molar refractivity (Wildman–Crippen MR) is 59.8 cm³/mol. The van der Waals surface area contributed by atoms with Crippen LogP contribution in [0.25, 0.3) is 0 Å². The van der Waals surface area contributed by atoms with Crippen LogP contribution in [0.3, 0.4) is 0 Å². The van der Waals surface area contributed by atoms with E-state index in [1.54, 1.807) is 0 Å². The Bertz CT molecular complexity index is 248. The van der Waals surface area contributed by atoms with Gasteiger partial charge in [0.25, 0.3) is 0 Å². The first kappa shape index (κ1) is 13.0. The number of rotatable bonds is 6. The second kappa shape index (κ2) is 6.48. The zero-order valence-corrected chi connectivity index (χ0v) is 9.52. The highest BCUT2D eigenvalue weighted by molar-refractivity contribution is 5.74. The fourth-order valence-corrected chi connectivity index (χ4v) is 2.15. The lowest BCUT2D eigenvalue weighted by Gasteiger charge is -2.31. The fourth-order valence-electron chi connectivity index (χ4n) is 2.15. The normalized spacial score (nSPS) is 18.5. The van der Waals surface area contributed by atoms with Crippen LogP contribution in [-0.2, 0) is 9.59 Å². The van der Waals surface area contributed by atoms with Gasteiger partial charge in [-0.1, -0.05) is 0 Å². The third-order valence-corrected chi connectivity index (χ3v) is 3.06. The van der Waals surface area contributed by atoms with E-state index in [0.717, 1.165) is 32.5 Å². The molecular weight excluding hydrogens is 208 g/mol. The summed E-state index contributed by atoms with van der Waals surface area (Å²) in [4.78, 5) is 23.3. The molecule has 0 aromatic heterocycles. The van der Waals surface area contributed by atoms with E-state index < -0.39 is 5.97 Å². The van der Waals surface area contributed by atoms with Gasteiger partial charge in [-0.25, -0.2) is 0 Å². The molecule has 92 valence electrons. The second-order valence-corrected chi connectivity index (χ2v) is 4.45. The molecule has 1 heterocycles. The molecule has 1 aliphatic rings. The molecule has 16 heavy (non-hydrogen) atoms. The summed E-state index contributed by atoms with van der Waals surface area (Å²) in [7, 11) is 0. The number of primary amides is 1. The van der Waals surface area contributed by atoms with E-state index in [2.05, 4.69) is 4.90 Å². The van der Waals surface area contributed by atoms with Crippen LogP contribution < -0.4 is 5.73 Å². The van der Waals surface area contributed by atoms with Gasteiger partial charge in [0.1, 0.15) is 0 Å². The topological polar surface area (TPSA) is 83.6 Å². The molecule has 0 bridgehead atoms. The first-order valence-corrected chi connectivity index (χ1v) is 5.80. The summed E-state index contributed by atoms with van der Waals surface area (Å²) in [6.07, 6.45) is 3.42. The number of carbonyl (C=O) groups excluding carboxylic acids is 1. The minimum atomic E-state index is -0.733. The van der Waals surface area contributed by atoms with Crippen LogP contribution in [0.2, 0.25) is 0 Å². The number of carboxylic acid groups (broad SMARTS) is 1. The summed E-state index contributed by atoms with van der Waals surface area (Å²) < 4.78 is 0. The summed E-state index contributed by atoms with van der Waals surface area (Å²) in [6.45, 7) is 2.75. The lowest BCUT2D eigenvalue weighted by molar-refractivity contribution is -0.137. The molecule has 0 saturated carbocycles. The van der Waals surface area contributed by atoms with Gasteiger partial charge in [0.05, 0.1) is 0 Å². The molecule has 1 rings (SSSR count). The molecular formula is C11H20N2O3. The lowest BCUT2D eigenvalue weighted by atomic mass is 9.93. The number of piperidine rings is 1. The number of nitrogens with two attached hydrogens (primary N) is 1. The Kier molecular flexibility index (Phi) is 5.25. The van der Waals surface area contributed by atoms with Crippen molar-refractivity contribution in [1.29, 1.82) is 0 Å². The van der Waals surface area contributed by atoms with Crippen molar-refractivity contribution in [1.82, 2.24) is 4.90 Å². The highest BCUT2D eigenvalue weighted by Gasteiger charge is 2.20. The van der Waals surface area contributed by atoms with Crippen molar-refractivity contribution >= 4 is 11.9 Å². The average Bonchev–Trinajstić information content (AvgIpc) is 2.19. The van der Waals surface area contributed by atoms with Gasteiger partial charge in [-0.15, -0.1) is 0 Å². The van der Waals surface area contributed by atoms with Crippen molar-refractivity contribution in [2.75, 3.05) is 19.6 Å².